The van der Waals surface area contributed by atoms with Gasteiger partial charge in [-0.1, -0.05) is 13.8 Å². The molecule has 1 rings (SSSR count). The van der Waals surface area contributed by atoms with Crippen LogP contribution in [0.1, 0.15) is 31.9 Å². The van der Waals surface area contributed by atoms with Crippen molar-refractivity contribution in [3.05, 3.63) is 22.4 Å². The van der Waals surface area contributed by atoms with Gasteiger partial charge in [-0.2, -0.15) is 11.3 Å². The van der Waals surface area contributed by atoms with Crippen LogP contribution in [-0.2, 0) is 9.53 Å². The Hall–Kier alpha value is -0.370. The highest BCUT2D eigenvalue weighted by Gasteiger charge is 2.20. The summed E-state index contributed by atoms with van der Waals surface area (Å²) in [7, 11) is 1.58. The SMILES string of the molecule is CCN(CC)C(CNC(=O)CC(CN)OC)c1ccsc1.Cl.Cl. The van der Waals surface area contributed by atoms with E-state index < -0.39 is 0 Å². The van der Waals surface area contributed by atoms with Crippen LogP contribution >= 0.6 is 36.2 Å². The summed E-state index contributed by atoms with van der Waals surface area (Å²) in [4.78, 5) is 14.3. The quantitative estimate of drug-likeness (QED) is 0.648. The summed E-state index contributed by atoms with van der Waals surface area (Å²) in [5.74, 6) is -0.0142. The minimum absolute atomic E-state index is 0. The second-order valence-corrected chi connectivity index (χ2v) is 5.68. The Morgan fingerprint density at radius 1 is 1.39 bits per heavy atom. The topological polar surface area (TPSA) is 67.6 Å². The summed E-state index contributed by atoms with van der Waals surface area (Å²) in [5.41, 5.74) is 6.80. The molecule has 0 aromatic carbocycles. The maximum atomic E-state index is 12.0. The maximum Gasteiger partial charge on any atom is 0.222 e. The maximum absolute atomic E-state index is 12.0. The Morgan fingerprint density at radius 3 is 2.48 bits per heavy atom. The highest BCUT2D eigenvalue weighted by Crippen LogP contribution is 2.22. The van der Waals surface area contributed by atoms with Crippen LogP contribution in [0.2, 0.25) is 0 Å². The lowest BCUT2D eigenvalue weighted by Gasteiger charge is -2.29. The number of hydrogen-bond acceptors (Lipinski definition) is 5. The lowest BCUT2D eigenvalue weighted by Crippen LogP contribution is -2.39. The molecule has 3 N–H and O–H groups in total. The molecule has 0 saturated carbocycles. The lowest BCUT2D eigenvalue weighted by atomic mass is 10.1. The van der Waals surface area contributed by atoms with Crippen molar-refractivity contribution in [1.29, 1.82) is 0 Å². The number of halogens is 2. The van der Waals surface area contributed by atoms with Crippen molar-refractivity contribution in [2.24, 2.45) is 5.73 Å². The number of amides is 1. The van der Waals surface area contributed by atoms with Crippen molar-refractivity contribution in [1.82, 2.24) is 10.2 Å². The molecule has 0 fully saturated rings. The number of nitrogens with two attached hydrogens (primary N) is 1. The van der Waals surface area contributed by atoms with E-state index in [1.165, 1.54) is 5.56 Å². The Morgan fingerprint density at radius 2 is 2.04 bits per heavy atom. The average molecular weight is 386 g/mol. The molecular formula is C15H29Cl2N3O2S. The molecule has 1 aromatic rings. The normalized spacial score (nSPS) is 12.9. The van der Waals surface area contributed by atoms with Crippen molar-refractivity contribution < 1.29 is 9.53 Å². The van der Waals surface area contributed by atoms with E-state index in [0.717, 1.165) is 13.1 Å². The summed E-state index contributed by atoms with van der Waals surface area (Å²) in [5, 5.41) is 7.23. The molecule has 1 amide bonds. The van der Waals surface area contributed by atoms with Crippen molar-refractivity contribution in [2.45, 2.75) is 32.4 Å². The number of hydrogen-bond donors (Lipinski definition) is 2. The van der Waals surface area contributed by atoms with Crippen LogP contribution in [0.15, 0.2) is 16.8 Å². The van der Waals surface area contributed by atoms with Gasteiger partial charge in [0.25, 0.3) is 0 Å². The van der Waals surface area contributed by atoms with Gasteiger partial charge in [-0.25, -0.2) is 0 Å². The van der Waals surface area contributed by atoms with Gasteiger partial charge in [-0.05, 0) is 35.5 Å². The molecule has 1 aromatic heterocycles. The van der Waals surface area contributed by atoms with E-state index in [1.54, 1.807) is 18.4 Å². The molecule has 0 aliphatic heterocycles. The fourth-order valence-electron chi connectivity index (χ4n) is 2.34. The first-order chi connectivity index (χ1) is 10.2. The molecule has 2 atom stereocenters. The standard InChI is InChI=1S/C15H27N3O2S.2ClH/c1-4-18(5-2)14(12-6-7-21-11-12)10-17-15(19)8-13(9-16)20-3;;/h6-7,11,13-14H,4-5,8-10,16H2,1-3H3,(H,17,19);2*1H. The number of ether oxygens (including phenoxy) is 1. The highest BCUT2D eigenvalue weighted by atomic mass is 35.5. The number of methoxy groups -OCH3 is 1. The van der Waals surface area contributed by atoms with Gasteiger partial charge < -0.3 is 15.8 Å². The van der Waals surface area contributed by atoms with Crippen molar-refractivity contribution in [3.8, 4) is 0 Å². The lowest BCUT2D eigenvalue weighted by molar-refractivity contribution is -0.123. The summed E-state index contributed by atoms with van der Waals surface area (Å²) in [6.07, 6.45) is 0.0970. The number of carbonyl (C=O) groups is 1. The van der Waals surface area contributed by atoms with Gasteiger partial charge in [0.15, 0.2) is 0 Å². The summed E-state index contributed by atoms with van der Waals surface area (Å²) < 4.78 is 5.14. The number of thiophene rings is 1. The van der Waals surface area contributed by atoms with E-state index in [0.29, 0.717) is 19.5 Å². The first kappa shape index (κ1) is 24.9. The zero-order chi connectivity index (χ0) is 15.7. The van der Waals surface area contributed by atoms with Crippen molar-refractivity contribution in [3.63, 3.8) is 0 Å². The first-order valence-electron chi connectivity index (χ1n) is 7.41. The highest BCUT2D eigenvalue weighted by molar-refractivity contribution is 7.07. The minimum atomic E-state index is -0.210. The second kappa shape index (κ2) is 14.0. The van der Waals surface area contributed by atoms with E-state index in [2.05, 4.69) is 40.9 Å². The number of likely N-dealkylation sites (N-methyl/N-ethyl adjacent to an activating group) is 1. The van der Waals surface area contributed by atoms with Gasteiger partial charge in [-0.15, -0.1) is 24.8 Å². The third kappa shape index (κ3) is 8.33. The number of rotatable bonds is 10. The van der Waals surface area contributed by atoms with Crippen LogP contribution in [0, 0.1) is 0 Å². The second-order valence-electron chi connectivity index (χ2n) is 4.90. The summed E-state index contributed by atoms with van der Waals surface area (Å²) >= 11 is 1.68. The zero-order valence-corrected chi connectivity index (χ0v) is 16.4. The number of carbonyl (C=O) groups excluding carboxylic acids is 1. The van der Waals surface area contributed by atoms with Gasteiger partial charge in [-0.3, -0.25) is 9.69 Å². The Balaban J connectivity index is 0. The van der Waals surface area contributed by atoms with Crippen molar-refractivity contribution >= 4 is 42.1 Å². The largest absolute Gasteiger partial charge is 0.380 e. The molecule has 2 unspecified atom stereocenters. The van der Waals surface area contributed by atoms with Gasteiger partial charge in [0, 0.05) is 20.2 Å². The Kier molecular flexibility index (Phi) is 15.2. The van der Waals surface area contributed by atoms with E-state index in [4.69, 9.17) is 10.5 Å². The monoisotopic (exact) mass is 385 g/mol. The van der Waals surface area contributed by atoms with E-state index in [1.807, 2.05) is 0 Å². The predicted octanol–water partition coefficient (Wildman–Crippen LogP) is 2.45. The third-order valence-corrected chi connectivity index (χ3v) is 4.38. The fourth-order valence-corrected chi connectivity index (χ4v) is 3.05. The molecular weight excluding hydrogens is 357 g/mol. The van der Waals surface area contributed by atoms with Gasteiger partial charge in [0.1, 0.15) is 0 Å². The van der Waals surface area contributed by atoms with Gasteiger partial charge in [0.05, 0.1) is 18.6 Å². The van der Waals surface area contributed by atoms with Gasteiger partial charge >= 0.3 is 0 Å². The van der Waals surface area contributed by atoms with E-state index in [-0.39, 0.29) is 42.9 Å². The molecule has 0 bridgehead atoms. The zero-order valence-electron chi connectivity index (χ0n) is 14.0. The van der Waals surface area contributed by atoms with Crippen LogP contribution in [0.4, 0.5) is 0 Å². The summed E-state index contributed by atoms with van der Waals surface area (Å²) in [6.45, 7) is 7.15. The van der Waals surface area contributed by atoms with E-state index >= 15 is 0 Å². The van der Waals surface area contributed by atoms with E-state index in [9.17, 15) is 4.79 Å². The number of nitrogens with one attached hydrogen (secondary N) is 1. The molecule has 1 heterocycles. The predicted molar refractivity (Wildman–Crippen MR) is 102 cm³/mol. The third-order valence-electron chi connectivity index (χ3n) is 3.68. The van der Waals surface area contributed by atoms with Crippen LogP contribution in [0.5, 0.6) is 0 Å². The van der Waals surface area contributed by atoms with Crippen LogP contribution < -0.4 is 11.1 Å². The molecule has 0 aliphatic rings. The Labute approximate surface area is 155 Å². The molecule has 0 radical (unpaired) electrons. The molecule has 0 spiro atoms. The van der Waals surface area contributed by atoms with Crippen LogP contribution in [0.25, 0.3) is 0 Å². The van der Waals surface area contributed by atoms with Crippen molar-refractivity contribution in [2.75, 3.05) is 33.3 Å². The first-order valence-corrected chi connectivity index (χ1v) is 8.36. The van der Waals surface area contributed by atoms with Crippen LogP contribution in [-0.4, -0.2) is 50.2 Å². The molecule has 0 aliphatic carbocycles. The minimum Gasteiger partial charge on any atom is -0.380 e. The van der Waals surface area contributed by atoms with Gasteiger partial charge in [0.2, 0.25) is 5.91 Å². The number of nitrogens with zero attached hydrogens (tertiary/aromatic N) is 1. The molecule has 136 valence electrons. The Bertz CT molecular complexity index is 399. The smallest absolute Gasteiger partial charge is 0.222 e. The molecule has 5 nitrogen and oxygen atoms in total. The van der Waals surface area contributed by atoms with Crippen LogP contribution in [0.3, 0.4) is 0 Å². The molecule has 8 heteroatoms. The fraction of sp³-hybridized carbons (Fsp3) is 0.667. The summed E-state index contributed by atoms with van der Waals surface area (Å²) in [6, 6.07) is 2.34. The molecule has 0 saturated heterocycles. The average Bonchev–Trinajstić information content (AvgIpc) is 3.03. The molecule has 23 heavy (non-hydrogen) atoms.